The first-order valence-corrected chi connectivity index (χ1v) is 13.7. The third-order valence-electron chi connectivity index (χ3n) is 7.59. The summed E-state index contributed by atoms with van der Waals surface area (Å²) in [4.78, 5) is 11.4. The minimum atomic E-state index is -2.66. The fourth-order valence-corrected chi connectivity index (χ4v) is 5.80. The lowest BCUT2D eigenvalue weighted by molar-refractivity contribution is -0.0702. The van der Waals surface area contributed by atoms with E-state index in [2.05, 4.69) is 15.8 Å². The molecule has 7 heteroatoms. The number of allylic oxidation sites excluding steroid dienone is 7. The van der Waals surface area contributed by atoms with Crippen LogP contribution in [0, 0.1) is 11.3 Å². The van der Waals surface area contributed by atoms with Gasteiger partial charge in [-0.15, -0.1) is 9.24 Å². The molecular formula is C31H42F2NO3P. The number of carboxylic acid groups (broad SMARTS) is 1. The van der Waals surface area contributed by atoms with Crippen molar-refractivity contribution in [2.75, 3.05) is 0 Å². The Bertz CT molecular complexity index is 1130. The van der Waals surface area contributed by atoms with Crippen LogP contribution in [0.5, 0.6) is 0 Å². The van der Waals surface area contributed by atoms with Crippen LogP contribution in [0.2, 0.25) is 0 Å². The second-order valence-electron chi connectivity index (χ2n) is 10.7. The second kappa shape index (κ2) is 13.1. The van der Waals surface area contributed by atoms with Gasteiger partial charge in [0.05, 0.1) is 10.9 Å². The van der Waals surface area contributed by atoms with Gasteiger partial charge in [0.15, 0.2) is 0 Å². The number of hydrogen-bond donors (Lipinski definition) is 3. The van der Waals surface area contributed by atoms with E-state index in [9.17, 15) is 23.8 Å². The summed E-state index contributed by atoms with van der Waals surface area (Å²) in [5.41, 5.74) is 6.08. The first kappa shape index (κ1) is 31.8. The molecule has 0 saturated heterocycles. The Balaban J connectivity index is 2.39. The molecule has 1 aromatic carbocycles. The van der Waals surface area contributed by atoms with Crippen LogP contribution in [0.15, 0.2) is 70.9 Å². The molecule has 0 bridgehead atoms. The highest BCUT2D eigenvalue weighted by atomic mass is 31.0. The maximum atomic E-state index is 13.7. The third kappa shape index (κ3) is 8.28. The molecular weight excluding hydrogens is 503 g/mol. The van der Waals surface area contributed by atoms with Crippen molar-refractivity contribution in [2.45, 2.75) is 90.3 Å². The zero-order valence-electron chi connectivity index (χ0n) is 23.2. The maximum Gasteiger partial charge on any atom is 0.335 e. The Kier molecular flexibility index (Phi) is 10.9. The zero-order chi connectivity index (χ0) is 28.8. The van der Waals surface area contributed by atoms with Gasteiger partial charge in [-0.25, -0.2) is 13.6 Å². The lowest BCUT2D eigenvalue weighted by atomic mass is 9.78. The molecule has 208 valence electrons. The number of nitrogens with one attached hydrogen (secondary N) is 1. The standard InChI is InChI=1S/C31H42F2NO3P/c1-7-23(28(19(2)3)22(6)34)18-20(4)21(5)27(24-8-10-25(11-9-24)29(35)36)14-17-31(37,38)26-12-15-30(32,33)16-13-26/h7-11,18,26-27,34,37H,5,12-17,38H2,1-4,6H3,(H,35,36)/b20-18-,23-7+,34-22?. The Labute approximate surface area is 228 Å². The van der Waals surface area contributed by atoms with Gasteiger partial charge in [-0.1, -0.05) is 36.4 Å². The van der Waals surface area contributed by atoms with E-state index >= 15 is 0 Å². The predicted octanol–water partition coefficient (Wildman–Crippen LogP) is 8.46. The van der Waals surface area contributed by atoms with Gasteiger partial charge in [0.1, 0.15) is 0 Å². The van der Waals surface area contributed by atoms with E-state index in [1.54, 1.807) is 31.2 Å². The third-order valence-corrected chi connectivity index (χ3v) is 8.35. The number of halogens is 2. The number of alkyl halides is 2. The van der Waals surface area contributed by atoms with Gasteiger partial charge in [0.25, 0.3) is 0 Å². The highest BCUT2D eigenvalue weighted by molar-refractivity contribution is 7.18. The van der Waals surface area contributed by atoms with E-state index in [1.165, 1.54) is 0 Å². The second-order valence-corrected chi connectivity index (χ2v) is 11.7. The molecule has 3 N–H and O–H groups in total. The number of aliphatic hydroxyl groups is 1. The summed E-state index contributed by atoms with van der Waals surface area (Å²) in [5.74, 6) is -4.13. The molecule has 38 heavy (non-hydrogen) atoms. The molecule has 3 atom stereocenters. The van der Waals surface area contributed by atoms with E-state index in [0.29, 0.717) is 18.6 Å². The molecule has 0 radical (unpaired) electrons. The Morgan fingerprint density at radius 3 is 2.21 bits per heavy atom. The van der Waals surface area contributed by atoms with Gasteiger partial charge in [-0.3, -0.25) is 0 Å². The topological polar surface area (TPSA) is 81.4 Å². The smallest absolute Gasteiger partial charge is 0.335 e. The van der Waals surface area contributed by atoms with Crippen LogP contribution in [0.3, 0.4) is 0 Å². The van der Waals surface area contributed by atoms with Crippen LogP contribution in [-0.2, 0) is 0 Å². The molecule has 0 aliphatic heterocycles. The minimum Gasteiger partial charge on any atom is -0.478 e. The highest BCUT2D eigenvalue weighted by Gasteiger charge is 2.42. The predicted molar refractivity (Wildman–Crippen MR) is 155 cm³/mol. The molecule has 3 unspecified atom stereocenters. The zero-order valence-corrected chi connectivity index (χ0v) is 24.4. The molecule has 4 nitrogen and oxygen atoms in total. The van der Waals surface area contributed by atoms with Gasteiger partial charge >= 0.3 is 5.97 Å². The fourth-order valence-electron chi connectivity index (χ4n) is 5.30. The van der Waals surface area contributed by atoms with Gasteiger partial charge in [-0.05, 0) is 101 Å². The molecule has 0 heterocycles. The van der Waals surface area contributed by atoms with Crippen LogP contribution >= 0.6 is 9.24 Å². The van der Waals surface area contributed by atoms with Crippen molar-refractivity contribution in [3.8, 4) is 0 Å². The SMILES string of the molecule is C=C(/C(C)=C\C(=C/C)C(C(C)=N)=C(C)C)C(CCC(O)(P)C1CCC(F)(F)CC1)c1ccc(C(=O)O)cc1. The summed E-state index contributed by atoms with van der Waals surface area (Å²) in [6.07, 6.45) is 4.95. The summed E-state index contributed by atoms with van der Waals surface area (Å²) < 4.78 is 27.4. The van der Waals surface area contributed by atoms with E-state index in [-0.39, 0.29) is 43.1 Å². The van der Waals surface area contributed by atoms with Gasteiger partial charge in [-0.2, -0.15) is 0 Å². The minimum absolute atomic E-state index is 0.182. The van der Waals surface area contributed by atoms with Gasteiger partial charge in [0, 0.05) is 30.0 Å². The van der Waals surface area contributed by atoms with Crippen molar-refractivity contribution in [3.63, 3.8) is 0 Å². The van der Waals surface area contributed by atoms with Crippen molar-refractivity contribution in [1.29, 1.82) is 5.41 Å². The molecule has 0 amide bonds. The number of carbonyl (C=O) groups is 1. The van der Waals surface area contributed by atoms with E-state index < -0.39 is 17.2 Å². The van der Waals surface area contributed by atoms with Crippen LogP contribution in [0.1, 0.15) is 95.0 Å². The van der Waals surface area contributed by atoms with Crippen LogP contribution in [0.4, 0.5) is 8.78 Å². The molecule has 1 saturated carbocycles. The average Bonchev–Trinajstić information content (AvgIpc) is 2.82. The number of hydrogen-bond acceptors (Lipinski definition) is 3. The average molecular weight is 546 g/mol. The van der Waals surface area contributed by atoms with Crippen LogP contribution < -0.4 is 0 Å². The van der Waals surface area contributed by atoms with Crippen molar-refractivity contribution >= 4 is 20.9 Å². The van der Waals surface area contributed by atoms with Crippen LogP contribution in [0.25, 0.3) is 0 Å². The number of benzene rings is 1. The molecule has 0 aromatic heterocycles. The molecule has 1 aliphatic carbocycles. The molecule has 0 spiro atoms. The summed E-state index contributed by atoms with van der Waals surface area (Å²) >= 11 is 0. The monoisotopic (exact) mass is 545 g/mol. The summed E-state index contributed by atoms with van der Waals surface area (Å²) in [6, 6.07) is 6.67. The Morgan fingerprint density at radius 1 is 1.21 bits per heavy atom. The van der Waals surface area contributed by atoms with E-state index in [1.807, 2.05) is 39.8 Å². The lowest BCUT2D eigenvalue weighted by Crippen LogP contribution is -2.37. The first-order valence-electron chi connectivity index (χ1n) is 13.1. The first-order chi connectivity index (χ1) is 17.6. The van der Waals surface area contributed by atoms with Crippen molar-refractivity contribution in [3.05, 3.63) is 82.0 Å². The Morgan fingerprint density at radius 2 is 1.76 bits per heavy atom. The summed E-state index contributed by atoms with van der Waals surface area (Å²) in [6.45, 7) is 14.0. The quantitative estimate of drug-likeness (QED) is 0.148. The number of rotatable bonds is 11. The fraction of sp³-hybridized carbons (Fsp3) is 0.484. The highest BCUT2D eigenvalue weighted by Crippen LogP contribution is 2.46. The molecule has 2 rings (SSSR count). The van der Waals surface area contributed by atoms with E-state index in [0.717, 1.165) is 33.4 Å². The van der Waals surface area contributed by atoms with Crippen molar-refractivity contribution in [1.82, 2.24) is 0 Å². The van der Waals surface area contributed by atoms with Gasteiger partial charge < -0.3 is 15.6 Å². The molecule has 1 aromatic rings. The Hall–Kier alpha value is -2.43. The maximum absolute atomic E-state index is 13.7. The summed E-state index contributed by atoms with van der Waals surface area (Å²) in [5, 5.41) is 27.6. The lowest BCUT2D eigenvalue weighted by Gasteiger charge is -2.38. The normalized spacial score (nSPS) is 18.9. The molecule has 1 aliphatic rings. The number of aromatic carboxylic acids is 1. The van der Waals surface area contributed by atoms with Crippen LogP contribution in [-0.4, -0.2) is 33.2 Å². The molecule has 1 fully saturated rings. The van der Waals surface area contributed by atoms with E-state index in [4.69, 9.17) is 5.41 Å². The van der Waals surface area contributed by atoms with Gasteiger partial charge in [0.2, 0.25) is 5.92 Å². The van der Waals surface area contributed by atoms with Crippen molar-refractivity contribution < 1.29 is 23.8 Å². The summed E-state index contributed by atoms with van der Waals surface area (Å²) in [7, 11) is 2.50. The number of carboxylic acids is 1. The van der Waals surface area contributed by atoms with Crippen molar-refractivity contribution in [2.24, 2.45) is 5.92 Å². The largest absolute Gasteiger partial charge is 0.478 e.